The number of hydrogen-bond donors (Lipinski definition) is 0. The van der Waals surface area contributed by atoms with E-state index in [2.05, 4.69) is 6.58 Å². The molecule has 2 rings (SSSR count). The fourth-order valence-corrected chi connectivity index (χ4v) is 1.68. The largest absolute Gasteiger partial charge is 0.454 e. The Hall–Kier alpha value is -2.61. The second kappa shape index (κ2) is 6.53. The summed E-state index contributed by atoms with van der Waals surface area (Å²) in [5, 5.41) is 0. The Kier molecular flexibility index (Phi) is 4.51. The second-order valence-corrected chi connectivity index (χ2v) is 4.40. The van der Waals surface area contributed by atoms with Crippen molar-refractivity contribution in [2.75, 3.05) is 0 Å². The molecule has 0 spiro atoms. The Balaban J connectivity index is 2.01. The van der Waals surface area contributed by atoms with Crippen LogP contribution in [0.15, 0.2) is 73.0 Å². The molecule has 2 nitrogen and oxygen atoms in total. The van der Waals surface area contributed by atoms with Crippen LogP contribution >= 0.6 is 0 Å². The molecule has 0 heterocycles. The molecule has 2 heteroatoms. The van der Waals surface area contributed by atoms with Crippen LogP contribution in [0.1, 0.15) is 11.1 Å². The summed E-state index contributed by atoms with van der Waals surface area (Å²) < 4.78 is 5.50. The van der Waals surface area contributed by atoms with E-state index in [0.717, 1.165) is 11.1 Å². The summed E-state index contributed by atoms with van der Waals surface area (Å²) in [5.41, 5.74) is 1.93. The molecule has 0 aliphatic rings. The van der Waals surface area contributed by atoms with Gasteiger partial charge in [-0.2, -0.15) is 0 Å². The van der Waals surface area contributed by atoms with Gasteiger partial charge in [0.15, 0.2) is 5.76 Å². The molecule has 0 amide bonds. The Labute approximate surface area is 119 Å². The van der Waals surface area contributed by atoms with Crippen LogP contribution < -0.4 is 4.74 Å². The topological polar surface area (TPSA) is 26.3 Å². The SMILES string of the molecule is C=C(Oc1ccccc1C)C(=O)/C=C/c1ccccc1. The van der Waals surface area contributed by atoms with Gasteiger partial charge >= 0.3 is 0 Å². The van der Waals surface area contributed by atoms with Crippen LogP contribution in [0.2, 0.25) is 0 Å². The van der Waals surface area contributed by atoms with Crippen molar-refractivity contribution in [3.63, 3.8) is 0 Å². The van der Waals surface area contributed by atoms with E-state index in [1.807, 2.05) is 61.5 Å². The van der Waals surface area contributed by atoms with Crippen molar-refractivity contribution in [2.24, 2.45) is 0 Å². The molecule has 0 bridgehead atoms. The van der Waals surface area contributed by atoms with Gasteiger partial charge in [-0.05, 0) is 30.2 Å². The van der Waals surface area contributed by atoms with Gasteiger partial charge in [-0.15, -0.1) is 0 Å². The third-order valence-corrected chi connectivity index (χ3v) is 2.83. The van der Waals surface area contributed by atoms with Crippen LogP contribution in [0.25, 0.3) is 6.08 Å². The first-order chi connectivity index (χ1) is 9.66. The first-order valence-electron chi connectivity index (χ1n) is 6.36. The van der Waals surface area contributed by atoms with E-state index in [1.165, 1.54) is 6.08 Å². The fraction of sp³-hybridized carbons (Fsp3) is 0.0556. The number of ketones is 1. The van der Waals surface area contributed by atoms with Crippen molar-refractivity contribution in [1.82, 2.24) is 0 Å². The highest BCUT2D eigenvalue weighted by Gasteiger charge is 2.07. The average Bonchev–Trinajstić information content (AvgIpc) is 2.48. The molecule has 0 aromatic heterocycles. The molecule has 0 fully saturated rings. The second-order valence-electron chi connectivity index (χ2n) is 4.40. The summed E-state index contributed by atoms with van der Waals surface area (Å²) in [5.74, 6) is 0.530. The monoisotopic (exact) mass is 264 g/mol. The van der Waals surface area contributed by atoms with Gasteiger partial charge in [-0.25, -0.2) is 0 Å². The number of para-hydroxylation sites is 1. The highest BCUT2D eigenvalue weighted by Crippen LogP contribution is 2.19. The molecule has 100 valence electrons. The Morgan fingerprint density at radius 3 is 2.40 bits per heavy atom. The first kappa shape index (κ1) is 13.8. The minimum absolute atomic E-state index is 0.117. The van der Waals surface area contributed by atoms with Crippen LogP contribution in [0, 0.1) is 6.92 Å². The maximum Gasteiger partial charge on any atom is 0.220 e. The lowest BCUT2D eigenvalue weighted by Crippen LogP contribution is -2.05. The lowest BCUT2D eigenvalue weighted by molar-refractivity contribution is -0.113. The first-order valence-corrected chi connectivity index (χ1v) is 6.36. The maximum absolute atomic E-state index is 11.9. The zero-order chi connectivity index (χ0) is 14.4. The molecule has 20 heavy (non-hydrogen) atoms. The van der Waals surface area contributed by atoms with Gasteiger partial charge in [-0.1, -0.05) is 61.2 Å². The average molecular weight is 264 g/mol. The zero-order valence-corrected chi connectivity index (χ0v) is 11.4. The number of allylic oxidation sites excluding steroid dienone is 1. The molecule has 0 radical (unpaired) electrons. The highest BCUT2D eigenvalue weighted by molar-refractivity contribution is 6.04. The molecule has 0 unspecified atom stereocenters. The quantitative estimate of drug-likeness (QED) is 0.598. The number of carbonyl (C=O) groups excluding carboxylic acids is 1. The molecule has 0 saturated carbocycles. The predicted molar refractivity (Wildman–Crippen MR) is 81.4 cm³/mol. The van der Waals surface area contributed by atoms with Crippen LogP contribution in [-0.2, 0) is 4.79 Å². The van der Waals surface area contributed by atoms with E-state index < -0.39 is 0 Å². The minimum Gasteiger partial charge on any atom is -0.454 e. The molecular formula is C18H16O2. The third kappa shape index (κ3) is 3.69. The molecule has 2 aromatic carbocycles. The van der Waals surface area contributed by atoms with Crippen LogP contribution in [-0.4, -0.2) is 5.78 Å². The Morgan fingerprint density at radius 1 is 1.05 bits per heavy atom. The van der Waals surface area contributed by atoms with E-state index in [9.17, 15) is 4.79 Å². The summed E-state index contributed by atoms with van der Waals surface area (Å²) in [6, 6.07) is 17.1. The Bertz CT molecular complexity index is 639. The van der Waals surface area contributed by atoms with Gasteiger partial charge in [0, 0.05) is 0 Å². The van der Waals surface area contributed by atoms with E-state index >= 15 is 0 Å². The predicted octanol–water partition coefficient (Wildman–Crippen LogP) is 4.17. The molecule has 2 aromatic rings. The number of rotatable bonds is 5. The molecule has 0 saturated heterocycles. The standard InChI is InChI=1S/C18H16O2/c1-14-8-6-7-11-18(14)20-15(2)17(19)13-12-16-9-4-3-5-10-16/h3-13H,2H2,1H3/b13-12+. The van der Waals surface area contributed by atoms with Crippen molar-refractivity contribution in [1.29, 1.82) is 0 Å². The van der Waals surface area contributed by atoms with Crippen LogP contribution in [0.5, 0.6) is 5.75 Å². The number of aryl methyl sites for hydroxylation is 1. The summed E-state index contributed by atoms with van der Waals surface area (Å²) in [7, 11) is 0. The highest BCUT2D eigenvalue weighted by atomic mass is 16.5. The van der Waals surface area contributed by atoms with Gasteiger partial charge < -0.3 is 4.74 Å². The van der Waals surface area contributed by atoms with E-state index in [1.54, 1.807) is 6.08 Å². The minimum atomic E-state index is -0.239. The maximum atomic E-state index is 11.9. The van der Waals surface area contributed by atoms with Crippen molar-refractivity contribution in [3.05, 3.63) is 84.1 Å². The third-order valence-electron chi connectivity index (χ3n) is 2.83. The zero-order valence-electron chi connectivity index (χ0n) is 11.4. The smallest absolute Gasteiger partial charge is 0.220 e. The summed E-state index contributed by atoms with van der Waals surface area (Å²) in [6.45, 7) is 5.60. The summed E-state index contributed by atoms with van der Waals surface area (Å²) in [4.78, 5) is 11.9. The van der Waals surface area contributed by atoms with Gasteiger partial charge in [0.1, 0.15) is 5.75 Å². The van der Waals surface area contributed by atoms with Crippen LogP contribution in [0.4, 0.5) is 0 Å². The van der Waals surface area contributed by atoms with Crippen molar-refractivity contribution in [2.45, 2.75) is 6.92 Å². The number of benzene rings is 2. The molecule has 0 aliphatic heterocycles. The summed E-state index contributed by atoms with van der Waals surface area (Å²) in [6.07, 6.45) is 3.21. The van der Waals surface area contributed by atoms with E-state index in [4.69, 9.17) is 4.74 Å². The van der Waals surface area contributed by atoms with Gasteiger partial charge in [-0.3, -0.25) is 4.79 Å². The fourth-order valence-electron chi connectivity index (χ4n) is 1.68. The normalized spacial score (nSPS) is 10.4. The van der Waals surface area contributed by atoms with Gasteiger partial charge in [0.25, 0.3) is 0 Å². The molecule has 0 aliphatic carbocycles. The molecule has 0 atom stereocenters. The number of hydrogen-bond acceptors (Lipinski definition) is 2. The van der Waals surface area contributed by atoms with E-state index in [-0.39, 0.29) is 11.5 Å². The summed E-state index contributed by atoms with van der Waals surface area (Å²) >= 11 is 0. The van der Waals surface area contributed by atoms with Crippen molar-refractivity contribution >= 4 is 11.9 Å². The molecule has 0 N–H and O–H groups in total. The van der Waals surface area contributed by atoms with Crippen LogP contribution in [0.3, 0.4) is 0 Å². The molecular weight excluding hydrogens is 248 g/mol. The Morgan fingerprint density at radius 2 is 1.70 bits per heavy atom. The number of ether oxygens (including phenoxy) is 1. The van der Waals surface area contributed by atoms with Gasteiger partial charge in [0.05, 0.1) is 0 Å². The van der Waals surface area contributed by atoms with Crippen molar-refractivity contribution < 1.29 is 9.53 Å². The van der Waals surface area contributed by atoms with Gasteiger partial charge in [0.2, 0.25) is 5.78 Å². The lowest BCUT2D eigenvalue weighted by Gasteiger charge is -2.08. The van der Waals surface area contributed by atoms with Crippen molar-refractivity contribution in [3.8, 4) is 5.75 Å². The lowest BCUT2D eigenvalue weighted by atomic mass is 10.2. The van der Waals surface area contributed by atoms with E-state index in [0.29, 0.717) is 5.75 Å². The number of carbonyl (C=O) groups is 1.